The monoisotopic (exact) mass is 723 g/mol. The zero-order chi connectivity index (χ0) is 38.1. The minimum absolute atomic E-state index is 0.00673. The molecule has 1 saturated heterocycles. The lowest BCUT2D eigenvalue weighted by atomic mass is 10.0. The number of carbonyl (C=O) groups is 6. The van der Waals surface area contributed by atoms with Gasteiger partial charge in [-0.2, -0.15) is 0 Å². The third-order valence-electron chi connectivity index (χ3n) is 7.64. The maximum atomic E-state index is 13.0. The second-order valence-corrected chi connectivity index (χ2v) is 13.1. The van der Waals surface area contributed by atoms with E-state index in [0.717, 1.165) is 0 Å². The highest BCUT2D eigenvalue weighted by Crippen LogP contribution is 2.31. The van der Waals surface area contributed by atoms with Gasteiger partial charge in [-0.25, -0.2) is 4.79 Å². The molecular weight excluding hydrogens is 670 g/mol. The van der Waals surface area contributed by atoms with Crippen LogP contribution in [0.2, 0.25) is 0 Å². The molecule has 4 unspecified atom stereocenters. The average molecular weight is 724 g/mol. The highest BCUT2D eigenvalue weighted by Gasteiger charge is 2.34. The number of nitrogens with one attached hydrogen (secondary N) is 3. The summed E-state index contributed by atoms with van der Waals surface area (Å²) < 4.78 is 27.4. The van der Waals surface area contributed by atoms with Crippen molar-refractivity contribution in [2.24, 2.45) is 17.8 Å². The predicted octanol–water partition coefficient (Wildman–Crippen LogP) is 1.95. The fourth-order valence-corrected chi connectivity index (χ4v) is 4.62. The first-order chi connectivity index (χ1) is 24.1. The van der Waals surface area contributed by atoms with Crippen molar-refractivity contribution in [2.45, 2.75) is 98.4 Å². The van der Waals surface area contributed by atoms with Gasteiger partial charge in [0.05, 0.1) is 50.7 Å². The summed E-state index contributed by atoms with van der Waals surface area (Å²) in [6, 6.07) is 3.62. The van der Waals surface area contributed by atoms with E-state index in [0.29, 0.717) is 18.6 Å². The maximum absolute atomic E-state index is 13.0. The van der Waals surface area contributed by atoms with Crippen LogP contribution >= 0.6 is 0 Å². The van der Waals surface area contributed by atoms with Crippen LogP contribution in [0.25, 0.3) is 0 Å². The van der Waals surface area contributed by atoms with Crippen molar-refractivity contribution in [1.82, 2.24) is 10.6 Å². The van der Waals surface area contributed by atoms with Gasteiger partial charge in [-0.05, 0) is 23.6 Å². The molecule has 51 heavy (non-hydrogen) atoms. The minimum Gasteiger partial charge on any atom is -0.479 e. The SMILES string of the molecule is CC(C)C(=O)CCOCCOCCC(=O)NC(C(=O)NCC(=O)Nc1ccc(COC(=O)C(C)C)cc1OC1CC(O)CC(C(=O)O)O1)C(C)C. The Bertz CT molecular complexity index is 1330. The van der Waals surface area contributed by atoms with Gasteiger partial charge in [0.15, 0.2) is 6.10 Å². The molecule has 1 aliphatic rings. The van der Waals surface area contributed by atoms with E-state index in [1.807, 2.05) is 13.8 Å². The fourth-order valence-electron chi connectivity index (χ4n) is 4.62. The number of carboxylic acid groups (broad SMARTS) is 1. The second kappa shape index (κ2) is 22.0. The molecule has 1 heterocycles. The molecular formula is C35H53N3O13. The number of aliphatic hydroxyl groups is 1. The second-order valence-electron chi connectivity index (χ2n) is 13.1. The zero-order valence-electron chi connectivity index (χ0n) is 30.2. The first-order valence-electron chi connectivity index (χ1n) is 17.1. The summed E-state index contributed by atoms with van der Waals surface area (Å²) in [6.07, 6.45) is -3.31. The number of benzene rings is 1. The molecule has 3 amide bonds. The molecule has 1 fully saturated rings. The van der Waals surface area contributed by atoms with E-state index in [9.17, 15) is 39.0 Å². The lowest BCUT2D eigenvalue weighted by molar-refractivity contribution is -0.195. The molecule has 0 spiro atoms. The highest BCUT2D eigenvalue weighted by molar-refractivity contribution is 5.97. The van der Waals surface area contributed by atoms with Crippen molar-refractivity contribution in [1.29, 1.82) is 0 Å². The Hall–Kier alpha value is -4.12. The number of hydrogen-bond acceptors (Lipinski definition) is 12. The topological polar surface area (TPSA) is 225 Å². The third kappa shape index (κ3) is 16.2. The van der Waals surface area contributed by atoms with E-state index in [4.69, 9.17) is 23.7 Å². The molecule has 0 aromatic heterocycles. The molecule has 1 aliphatic heterocycles. The summed E-state index contributed by atoms with van der Waals surface area (Å²) in [6.45, 7) is 10.9. The Kier molecular flexibility index (Phi) is 18.5. The summed E-state index contributed by atoms with van der Waals surface area (Å²) in [7, 11) is 0. The van der Waals surface area contributed by atoms with Crippen molar-refractivity contribution in [3.8, 4) is 5.75 Å². The summed E-state index contributed by atoms with van der Waals surface area (Å²) in [5, 5.41) is 27.4. The molecule has 16 nitrogen and oxygen atoms in total. The number of ether oxygens (including phenoxy) is 5. The molecule has 286 valence electrons. The van der Waals surface area contributed by atoms with Crippen LogP contribution < -0.4 is 20.7 Å². The molecule has 0 radical (unpaired) electrons. The smallest absolute Gasteiger partial charge is 0.333 e. The summed E-state index contributed by atoms with van der Waals surface area (Å²) in [4.78, 5) is 73.5. The van der Waals surface area contributed by atoms with Gasteiger partial charge in [0.2, 0.25) is 24.0 Å². The van der Waals surface area contributed by atoms with Crippen molar-refractivity contribution in [3.63, 3.8) is 0 Å². The number of rotatable bonds is 22. The zero-order valence-corrected chi connectivity index (χ0v) is 30.2. The lowest BCUT2D eigenvalue weighted by Gasteiger charge is -2.31. The summed E-state index contributed by atoms with van der Waals surface area (Å²) in [5.41, 5.74) is 0.646. The number of ketones is 1. The molecule has 2 rings (SSSR count). The van der Waals surface area contributed by atoms with E-state index in [-0.39, 0.29) is 80.7 Å². The van der Waals surface area contributed by atoms with Gasteiger partial charge in [0, 0.05) is 31.6 Å². The van der Waals surface area contributed by atoms with Crippen molar-refractivity contribution >= 4 is 41.1 Å². The average Bonchev–Trinajstić information content (AvgIpc) is 3.06. The maximum Gasteiger partial charge on any atom is 0.333 e. The Labute approximate surface area is 298 Å². The van der Waals surface area contributed by atoms with Gasteiger partial charge in [-0.1, -0.05) is 47.6 Å². The molecule has 1 aromatic rings. The minimum atomic E-state index is -1.30. The van der Waals surface area contributed by atoms with Gasteiger partial charge in [-0.15, -0.1) is 0 Å². The number of amides is 3. The number of aliphatic hydroxyl groups excluding tert-OH is 1. The summed E-state index contributed by atoms with van der Waals surface area (Å²) in [5.74, 6) is -3.86. The molecule has 0 aliphatic carbocycles. The lowest BCUT2D eigenvalue weighted by Crippen LogP contribution is -2.51. The Morgan fingerprint density at radius 1 is 0.882 bits per heavy atom. The van der Waals surface area contributed by atoms with Crippen LogP contribution in [0.4, 0.5) is 5.69 Å². The Balaban J connectivity index is 1.94. The van der Waals surface area contributed by atoms with Crippen LogP contribution in [0.1, 0.15) is 72.8 Å². The predicted molar refractivity (Wildman–Crippen MR) is 182 cm³/mol. The standard InChI is InChI=1S/C35H53N3O13/c1-20(2)26(40)9-11-47-13-14-48-12-10-29(41)38-32(21(3)4)33(43)36-18-30(42)37-25-8-7-23(19-49-35(46)22(5)6)15-27(25)50-31-17-24(39)16-28(51-31)34(44)45/h7-8,15,20-22,24,28,31-32,39H,9-14,16-19H2,1-6H3,(H,36,43)(H,37,42)(H,38,41)(H,44,45). The quantitative estimate of drug-likeness (QED) is 0.0853. The van der Waals surface area contributed by atoms with Gasteiger partial charge in [0.1, 0.15) is 24.2 Å². The van der Waals surface area contributed by atoms with Crippen LogP contribution in [-0.2, 0) is 54.3 Å². The first kappa shape index (κ1) is 43.0. The van der Waals surface area contributed by atoms with Crippen LogP contribution in [0, 0.1) is 17.8 Å². The van der Waals surface area contributed by atoms with Crippen molar-refractivity contribution < 1.29 is 62.7 Å². The van der Waals surface area contributed by atoms with Crippen LogP contribution in [-0.4, -0.2) is 103 Å². The van der Waals surface area contributed by atoms with E-state index in [1.54, 1.807) is 33.8 Å². The number of aliphatic carboxylic acids is 1. The van der Waals surface area contributed by atoms with E-state index in [1.165, 1.54) is 12.1 Å². The molecule has 4 atom stereocenters. The number of Topliss-reactive ketones (excluding diaryl/α,β-unsaturated/α-hetero) is 1. The van der Waals surface area contributed by atoms with E-state index < -0.39 is 60.7 Å². The van der Waals surface area contributed by atoms with Gasteiger partial charge >= 0.3 is 11.9 Å². The van der Waals surface area contributed by atoms with Crippen molar-refractivity contribution in [2.75, 3.05) is 38.3 Å². The number of esters is 1. The van der Waals surface area contributed by atoms with E-state index in [2.05, 4.69) is 16.0 Å². The van der Waals surface area contributed by atoms with Crippen LogP contribution in [0.15, 0.2) is 18.2 Å². The fraction of sp³-hybridized carbons (Fsp3) is 0.657. The van der Waals surface area contributed by atoms with Crippen molar-refractivity contribution in [3.05, 3.63) is 23.8 Å². The third-order valence-corrected chi connectivity index (χ3v) is 7.64. The van der Waals surface area contributed by atoms with Gasteiger partial charge in [0.25, 0.3) is 0 Å². The number of carboxylic acids is 1. The Morgan fingerprint density at radius 3 is 2.16 bits per heavy atom. The van der Waals surface area contributed by atoms with Crippen LogP contribution in [0.3, 0.4) is 0 Å². The summed E-state index contributed by atoms with van der Waals surface area (Å²) >= 11 is 0. The van der Waals surface area contributed by atoms with Gasteiger partial charge in [-0.3, -0.25) is 24.0 Å². The number of carbonyl (C=O) groups excluding carboxylic acids is 5. The molecule has 5 N–H and O–H groups in total. The molecule has 1 aromatic carbocycles. The first-order valence-corrected chi connectivity index (χ1v) is 17.1. The number of hydrogen-bond donors (Lipinski definition) is 5. The molecule has 16 heteroatoms. The Morgan fingerprint density at radius 2 is 1.55 bits per heavy atom. The highest BCUT2D eigenvalue weighted by atomic mass is 16.7. The van der Waals surface area contributed by atoms with Gasteiger partial charge < -0.3 is 49.8 Å². The van der Waals surface area contributed by atoms with E-state index >= 15 is 0 Å². The molecule has 0 saturated carbocycles. The van der Waals surface area contributed by atoms with Crippen LogP contribution in [0.5, 0.6) is 5.75 Å². The number of anilines is 1. The largest absolute Gasteiger partial charge is 0.479 e. The molecule has 0 bridgehead atoms. The normalized spacial score (nSPS) is 17.9.